The van der Waals surface area contributed by atoms with Gasteiger partial charge in [0.05, 0.1) is 6.10 Å². The number of rotatable bonds is 5. The SMILES string of the molecule is NCC(OCC(F)F)c1ccc(Br)cc1. The van der Waals surface area contributed by atoms with Crippen molar-refractivity contribution in [2.24, 2.45) is 5.73 Å². The standard InChI is InChI=1S/C10H12BrF2NO/c11-8-3-1-7(2-4-8)9(5-14)15-6-10(12)13/h1-4,9-10H,5-6,14H2. The van der Waals surface area contributed by atoms with E-state index in [4.69, 9.17) is 10.5 Å². The normalized spacial score (nSPS) is 13.1. The fraction of sp³-hybridized carbons (Fsp3) is 0.400. The van der Waals surface area contributed by atoms with Crippen LogP contribution >= 0.6 is 15.9 Å². The molecule has 0 amide bonds. The third-order valence-electron chi connectivity index (χ3n) is 1.88. The zero-order chi connectivity index (χ0) is 11.3. The number of nitrogens with two attached hydrogens (primary N) is 1. The summed E-state index contributed by atoms with van der Waals surface area (Å²) in [5, 5.41) is 0. The van der Waals surface area contributed by atoms with Crippen molar-refractivity contribution < 1.29 is 13.5 Å². The third-order valence-corrected chi connectivity index (χ3v) is 2.41. The molecule has 1 unspecified atom stereocenters. The molecule has 0 fully saturated rings. The molecule has 0 heterocycles. The molecule has 2 nitrogen and oxygen atoms in total. The highest BCUT2D eigenvalue weighted by Gasteiger charge is 2.12. The Morgan fingerprint density at radius 1 is 1.27 bits per heavy atom. The summed E-state index contributed by atoms with van der Waals surface area (Å²) in [4.78, 5) is 0. The summed E-state index contributed by atoms with van der Waals surface area (Å²) in [6.07, 6.45) is -2.93. The molecule has 0 spiro atoms. The number of ether oxygens (including phenoxy) is 1. The van der Waals surface area contributed by atoms with Crippen molar-refractivity contribution in [3.05, 3.63) is 34.3 Å². The average molecular weight is 280 g/mol. The summed E-state index contributed by atoms with van der Waals surface area (Å²) in [5.41, 5.74) is 6.25. The molecule has 1 atom stereocenters. The minimum absolute atomic E-state index is 0.189. The second-order valence-corrected chi connectivity index (χ2v) is 3.92. The van der Waals surface area contributed by atoms with E-state index >= 15 is 0 Å². The van der Waals surface area contributed by atoms with Crippen LogP contribution < -0.4 is 5.73 Å². The van der Waals surface area contributed by atoms with E-state index in [-0.39, 0.29) is 6.54 Å². The fourth-order valence-corrected chi connectivity index (χ4v) is 1.43. The Morgan fingerprint density at radius 3 is 2.33 bits per heavy atom. The summed E-state index contributed by atoms with van der Waals surface area (Å²) in [5.74, 6) is 0. The highest BCUT2D eigenvalue weighted by molar-refractivity contribution is 9.10. The van der Waals surface area contributed by atoms with Crippen molar-refractivity contribution in [3.63, 3.8) is 0 Å². The average Bonchev–Trinajstić information content (AvgIpc) is 2.21. The molecule has 0 saturated heterocycles. The Labute approximate surface area is 95.5 Å². The molecule has 0 aliphatic heterocycles. The second kappa shape index (κ2) is 6.15. The van der Waals surface area contributed by atoms with Crippen LogP contribution in [-0.4, -0.2) is 19.6 Å². The van der Waals surface area contributed by atoms with E-state index in [1.54, 1.807) is 12.1 Å². The Bertz CT molecular complexity index is 292. The Morgan fingerprint density at radius 2 is 1.87 bits per heavy atom. The van der Waals surface area contributed by atoms with Crippen molar-refractivity contribution >= 4 is 15.9 Å². The predicted molar refractivity (Wildman–Crippen MR) is 57.9 cm³/mol. The van der Waals surface area contributed by atoms with Crippen molar-refractivity contribution in [2.75, 3.05) is 13.2 Å². The van der Waals surface area contributed by atoms with E-state index < -0.39 is 19.1 Å². The van der Waals surface area contributed by atoms with E-state index in [0.717, 1.165) is 10.0 Å². The molecule has 1 aromatic rings. The molecule has 0 aliphatic rings. The van der Waals surface area contributed by atoms with Gasteiger partial charge in [0.15, 0.2) is 0 Å². The van der Waals surface area contributed by atoms with Crippen LogP contribution in [-0.2, 0) is 4.74 Å². The molecule has 2 N–H and O–H groups in total. The summed E-state index contributed by atoms with van der Waals surface area (Å²) in [7, 11) is 0. The first-order valence-electron chi connectivity index (χ1n) is 4.48. The van der Waals surface area contributed by atoms with E-state index in [9.17, 15) is 8.78 Å². The van der Waals surface area contributed by atoms with E-state index in [1.165, 1.54) is 0 Å². The maximum Gasteiger partial charge on any atom is 0.261 e. The highest BCUT2D eigenvalue weighted by Crippen LogP contribution is 2.19. The molecular formula is C10H12BrF2NO. The molecular weight excluding hydrogens is 268 g/mol. The molecule has 1 aromatic carbocycles. The first-order chi connectivity index (χ1) is 7.13. The third kappa shape index (κ3) is 4.24. The molecule has 0 bridgehead atoms. The van der Waals surface area contributed by atoms with Crippen molar-refractivity contribution in [1.82, 2.24) is 0 Å². The largest absolute Gasteiger partial charge is 0.366 e. The van der Waals surface area contributed by atoms with Crippen LogP contribution in [0.25, 0.3) is 0 Å². The minimum Gasteiger partial charge on any atom is -0.366 e. The minimum atomic E-state index is -2.46. The second-order valence-electron chi connectivity index (χ2n) is 3.00. The van der Waals surface area contributed by atoms with Crippen LogP contribution in [0.1, 0.15) is 11.7 Å². The zero-order valence-electron chi connectivity index (χ0n) is 8.00. The van der Waals surface area contributed by atoms with Crippen molar-refractivity contribution in [2.45, 2.75) is 12.5 Å². The maximum atomic E-state index is 11.9. The zero-order valence-corrected chi connectivity index (χ0v) is 9.58. The Balaban J connectivity index is 2.61. The summed E-state index contributed by atoms with van der Waals surface area (Å²) in [6, 6.07) is 7.24. The number of halogens is 3. The van der Waals surface area contributed by atoms with Gasteiger partial charge in [-0.05, 0) is 17.7 Å². The molecule has 0 aliphatic carbocycles. The lowest BCUT2D eigenvalue weighted by Gasteiger charge is -2.16. The van der Waals surface area contributed by atoms with Crippen LogP contribution in [0, 0.1) is 0 Å². The number of hydrogen-bond acceptors (Lipinski definition) is 2. The monoisotopic (exact) mass is 279 g/mol. The lowest BCUT2D eigenvalue weighted by atomic mass is 10.1. The lowest BCUT2D eigenvalue weighted by Crippen LogP contribution is -2.18. The fourth-order valence-electron chi connectivity index (χ4n) is 1.17. The predicted octanol–water partition coefficient (Wildman–Crippen LogP) is 2.73. The van der Waals surface area contributed by atoms with E-state index in [0.29, 0.717) is 0 Å². The first kappa shape index (κ1) is 12.5. The summed E-state index contributed by atoms with van der Waals surface area (Å²) < 4.78 is 29.8. The van der Waals surface area contributed by atoms with Gasteiger partial charge < -0.3 is 10.5 Å². The molecule has 5 heteroatoms. The lowest BCUT2D eigenvalue weighted by molar-refractivity contribution is -0.0216. The van der Waals surface area contributed by atoms with Gasteiger partial charge in [0.1, 0.15) is 6.61 Å². The van der Waals surface area contributed by atoms with Gasteiger partial charge in [-0.1, -0.05) is 28.1 Å². The van der Waals surface area contributed by atoms with Gasteiger partial charge in [-0.2, -0.15) is 0 Å². The van der Waals surface area contributed by atoms with Crippen LogP contribution in [0.5, 0.6) is 0 Å². The quantitative estimate of drug-likeness (QED) is 0.900. The van der Waals surface area contributed by atoms with Gasteiger partial charge in [-0.25, -0.2) is 8.78 Å². The summed E-state index contributed by atoms with van der Waals surface area (Å²) >= 11 is 3.29. The van der Waals surface area contributed by atoms with Crippen molar-refractivity contribution in [3.8, 4) is 0 Å². The van der Waals surface area contributed by atoms with Gasteiger partial charge in [0.25, 0.3) is 6.43 Å². The Kier molecular flexibility index (Phi) is 5.14. The first-order valence-corrected chi connectivity index (χ1v) is 5.28. The van der Waals surface area contributed by atoms with Crippen molar-refractivity contribution in [1.29, 1.82) is 0 Å². The van der Waals surface area contributed by atoms with Gasteiger partial charge in [-0.15, -0.1) is 0 Å². The maximum absolute atomic E-state index is 11.9. The molecule has 0 radical (unpaired) electrons. The van der Waals surface area contributed by atoms with Crippen LogP contribution in [0.15, 0.2) is 28.7 Å². The van der Waals surface area contributed by atoms with Gasteiger partial charge in [0, 0.05) is 11.0 Å². The summed E-state index contributed by atoms with van der Waals surface area (Å²) in [6.45, 7) is -0.397. The van der Waals surface area contributed by atoms with Gasteiger partial charge >= 0.3 is 0 Å². The van der Waals surface area contributed by atoms with Crippen LogP contribution in [0.4, 0.5) is 8.78 Å². The molecule has 0 aromatic heterocycles. The van der Waals surface area contributed by atoms with Gasteiger partial charge in [0.2, 0.25) is 0 Å². The number of hydrogen-bond donors (Lipinski definition) is 1. The Hall–Kier alpha value is -0.520. The smallest absolute Gasteiger partial charge is 0.261 e. The highest BCUT2D eigenvalue weighted by atomic mass is 79.9. The number of benzene rings is 1. The molecule has 1 rings (SSSR count). The van der Waals surface area contributed by atoms with Crippen LogP contribution in [0.2, 0.25) is 0 Å². The topological polar surface area (TPSA) is 35.2 Å². The molecule has 0 saturated carbocycles. The van der Waals surface area contributed by atoms with Gasteiger partial charge in [-0.3, -0.25) is 0 Å². The molecule has 15 heavy (non-hydrogen) atoms. The van der Waals surface area contributed by atoms with E-state index in [1.807, 2.05) is 12.1 Å². The van der Waals surface area contributed by atoms with Crippen LogP contribution in [0.3, 0.4) is 0 Å². The van der Waals surface area contributed by atoms with E-state index in [2.05, 4.69) is 15.9 Å². The number of alkyl halides is 2. The molecule has 84 valence electrons.